The fourth-order valence-electron chi connectivity index (χ4n) is 1.65. The molecule has 0 bridgehead atoms. The Morgan fingerprint density at radius 2 is 2.31 bits per heavy atom. The first-order valence-electron chi connectivity index (χ1n) is 5.18. The average Bonchev–Trinajstić information content (AvgIpc) is 2.21. The maximum atomic E-state index is 13.8. The van der Waals surface area contributed by atoms with Crippen molar-refractivity contribution in [2.75, 3.05) is 0 Å². The van der Waals surface area contributed by atoms with Crippen LogP contribution in [0.15, 0.2) is 10.8 Å². The van der Waals surface area contributed by atoms with Gasteiger partial charge in [-0.15, -0.1) is 0 Å². The summed E-state index contributed by atoms with van der Waals surface area (Å²) in [6.07, 6.45) is -0.660. The van der Waals surface area contributed by atoms with Crippen molar-refractivity contribution < 1.29 is 9.13 Å². The predicted octanol–water partition coefficient (Wildman–Crippen LogP) is 3.63. The molecule has 1 rings (SSSR count). The summed E-state index contributed by atoms with van der Waals surface area (Å²) in [4.78, 5) is 0. The standard InChI is InChI=1S/C11H15ClFNOS/c1-6(2)15-11-8(12)3-7(4-9(11)13)10(14)5-16/h5-7,9,14H,3-4H2,1-2H3. The maximum Gasteiger partial charge on any atom is 0.159 e. The Kier molecular flexibility index (Phi) is 4.87. The van der Waals surface area contributed by atoms with Gasteiger partial charge in [0.05, 0.1) is 11.1 Å². The van der Waals surface area contributed by atoms with Gasteiger partial charge in [-0.25, -0.2) is 4.39 Å². The molecule has 1 N–H and O–H groups in total. The van der Waals surface area contributed by atoms with Crippen LogP contribution in [-0.4, -0.2) is 23.4 Å². The second kappa shape index (κ2) is 5.73. The minimum atomic E-state index is -1.23. The number of rotatable bonds is 4. The number of thiocarbonyl (C=S) groups is 1. The molecular formula is C11H15ClFNOS. The van der Waals surface area contributed by atoms with E-state index in [2.05, 4.69) is 12.2 Å². The van der Waals surface area contributed by atoms with Gasteiger partial charge in [-0.3, -0.25) is 0 Å². The van der Waals surface area contributed by atoms with E-state index >= 15 is 0 Å². The molecule has 1 aliphatic carbocycles. The Hall–Kier alpha value is -0.480. The molecular weight excluding hydrogens is 249 g/mol. The molecule has 0 aromatic heterocycles. The van der Waals surface area contributed by atoms with E-state index < -0.39 is 6.17 Å². The first-order valence-corrected chi connectivity index (χ1v) is 6.03. The molecule has 0 aliphatic heterocycles. The maximum absolute atomic E-state index is 13.8. The van der Waals surface area contributed by atoms with Crippen molar-refractivity contribution in [2.45, 2.75) is 39.0 Å². The summed E-state index contributed by atoms with van der Waals surface area (Å²) >= 11 is 10.7. The molecule has 0 saturated heterocycles. The summed E-state index contributed by atoms with van der Waals surface area (Å²) in [5.41, 5.74) is 0.263. The monoisotopic (exact) mass is 263 g/mol. The van der Waals surface area contributed by atoms with Gasteiger partial charge in [0, 0.05) is 17.0 Å². The van der Waals surface area contributed by atoms with E-state index in [-0.39, 0.29) is 29.9 Å². The molecule has 2 atom stereocenters. The van der Waals surface area contributed by atoms with Gasteiger partial charge in [-0.2, -0.15) is 0 Å². The van der Waals surface area contributed by atoms with Gasteiger partial charge >= 0.3 is 0 Å². The van der Waals surface area contributed by atoms with Gasteiger partial charge in [0.15, 0.2) is 6.17 Å². The van der Waals surface area contributed by atoms with E-state index in [1.165, 1.54) is 5.37 Å². The number of hydrogen-bond acceptors (Lipinski definition) is 3. The SMILES string of the molecule is CC(C)OC1=C(Cl)CC(C(=N)C=S)CC1F. The average molecular weight is 264 g/mol. The van der Waals surface area contributed by atoms with Crippen molar-refractivity contribution in [1.82, 2.24) is 0 Å². The molecule has 0 heterocycles. The molecule has 0 aromatic rings. The van der Waals surface area contributed by atoms with Crippen molar-refractivity contribution in [1.29, 1.82) is 5.41 Å². The van der Waals surface area contributed by atoms with Crippen LogP contribution in [0.3, 0.4) is 0 Å². The summed E-state index contributed by atoms with van der Waals surface area (Å²) in [6.45, 7) is 3.66. The molecule has 90 valence electrons. The molecule has 0 aromatic carbocycles. The zero-order valence-electron chi connectivity index (χ0n) is 9.30. The fourth-order valence-corrected chi connectivity index (χ4v) is 2.19. The number of hydrogen-bond donors (Lipinski definition) is 1. The largest absolute Gasteiger partial charge is 0.491 e. The number of nitrogens with one attached hydrogen (secondary N) is 1. The van der Waals surface area contributed by atoms with Crippen LogP contribution in [0.1, 0.15) is 26.7 Å². The molecule has 16 heavy (non-hydrogen) atoms. The minimum Gasteiger partial charge on any atom is -0.491 e. The van der Waals surface area contributed by atoms with E-state index in [0.29, 0.717) is 11.5 Å². The second-order valence-corrected chi connectivity index (χ2v) is 4.81. The predicted molar refractivity (Wildman–Crippen MR) is 68.1 cm³/mol. The molecule has 0 fully saturated rings. The first-order chi connectivity index (χ1) is 7.45. The summed E-state index contributed by atoms with van der Waals surface area (Å²) in [5, 5.41) is 9.22. The van der Waals surface area contributed by atoms with Crippen LogP contribution >= 0.6 is 23.8 Å². The van der Waals surface area contributed by atoms with E-state index in [4.69, 9.17) is 21.7 Å². The van der Waals surface area contributed by atoms with Crippen LogP contribution in [-0.2, 0) is 4.74 Å². The zero-order chi connectivity index (χ0) is 12.3. The van der Waals surface area contributed by atoms with Gasteiger partial charge in [-0.05, 0) is 26.7 Å². The highest BCUT2D eigenvalue weighted by molar-refractivity contribution is 7.80. The van der Waals surface area contributed by atoms with E-state index in [9.17, 15) is 4.39 Å². The van der Waals surface area contributed by atoms with Crippen molar-refractivity contribution >= 4 is 34.9 Å². The lowest BCUT2D eigenvalue weighted by Gasteiger charge is -2.27. The Balaban J connectivity index is 2.81. The third-order valence-corrected chi connectivity index (χ3v) is 2.99. The number of allylic oxidation sites excluding steroid dienone is 2. The fraction of sp³-hybridized carbons (Fsp3) is 0.636. The third kappa shape index (κ3) is 3.25. The number of halogens is 2. The van der Waals surface area contributed by atoms with Crippen LogP contribution in [0.25, 0.3) is 0 Å². The molecule has 0 radical (unpaired) electrons. The van der Waals surface area contributed by atoms with Crippen LogP contribution in [0.2, 0.25) is 0 Å². The van der Waals surface area contributed by atoms with Gasteiger partial charge in [-0.1, -0.05) is 23.8 Å². The Morgan fingerprint density at radius 1 is 1.69 bits per heavy atom. The van der Waals surface area contributed by atoms with Gasteiger partial charge in [0.25, 0.3) is 0 Å². The van der Waals surface area contributed by atoms with Crippen molar-refractivity contribution in [3.8, 4) is 0 Å². The quantitative estimate of drug-likeness (QED) is 0.621. The molecule has 2 unspecified atom stereocenters. The van der Waals surface area contributed by atoms with E-state index in [1.807, 2.05) is 13.8 Å². The van der Waals surface area contributed by atoms with Gasteiger partial charge in [0.2, 0.25) is 0 Å². The molecule has 0 amide bonds. The van der Waals surface area contributed by atoms with Crippen molar-refractivity contribution in [3.63, 3.8) is 0 Å². The highest BCUT2D eigenvalue weighted by Gasteiger charge is 2.32. The molecule has 1 aliphatic rings. The van der Waals surface area contributed by atoms with Crippen LogP contribution in [0.5, 0.6) is 0 Å². The van der Waals surface area contributed by atoms with E-state index in [1.54, 1.807) is 0 Å². The normalized spacial score (nSPS) is 25.8. The van der Waals surface area contributed by atoms with Crippen LogP contribution in [0.4, 0.5) is 4.39 Å². The highest BCUT2D eigenvalue weighted by Crippen LogP contribution is 2.35. The zero-order valence-corrected chi connectivity index (χ0v) is 10.9. The Labute approximate surface area is 105 Å². The number of ether oxygens (including phenoxy) is 1. The summed E-state index contributed by atoms with van der Waals surface area (Å²) < 4.78 is 19.1. The van der Waals surface area contributed by atoms with Crippen LogP contribution < -0.4 is 0 Å². The van der Waals surface area contributed by atoms with Crippen molar-refractivity contribution in [3.05, 3.63) is 10.8 Å². The lowest BCUT2D eigenvalue weighted by molar-refractivity contribution is 0.0919. The Bertz CT molecular complexity index is 330. The lowest BCUT2D eigenvalue weighted by Crippen LogP contribution is -2.27. The van der Waals surface area contributed by atoms with E-state index in [0.717, 1.165) is 0 Å². The second-order valence-electron chi connectivity index (χ2n) is 4.11. The molecule has 5 heteroatoms. The lowest BCUT2D eigenvalue weighted by atomic mass is 9.88. The highest BCUT2D eigenvalue weighted by atomic mass is 35.5. The molecule has 0 saturated carbocycles. The summed E-state index contributed by atoms with van der Waals surface area (Å²) in [7, 11) is 0. The smallest absolute Gasteiger partial charge is 0.159 e. The molecule has 2 nitrogen and oxygen atoms in total. The van der Waals surface area contributed by atoms with Gasteiger partial charge < -0.3 is 10.1 Å². The van der Waals surface area contributed by atoms with Crippen LogP contribution in [0, 0.1) is 11.3 Å². The topological polar surface area (TPSA) is 33.1 Å². The third-order valence-electron chi connectivity index (χ3n) is 2.40. The Morgan fingerprint density at radius 3 is 2.75 bits per heavy atom. The summed E-state index contributed by atoms with van der Waals surface area (Å²) in [5.74, 6) is 0.00426. The first kappa shape index (κ1) is 13.6. The molecule has 0 spiro atoms. The van der Waals surface area contributed by atoms with Gasteiger partial charge in [0.1, 0.15) is 5.76 Å². The van der Waals surface area contributed by atoms with Crippen molar-refractivity contribution in [2.24, 2.45) is 5.92 Å². The number of alkyl halides is 1. The summed E-state index contributed by atoms with van der Waals surface area (Å²) in [6, 6.07) is 0. The minimum absolute atomic E-state index is 0.0940.